The van der Waals surface area contributed by atoms with Gasteiger partial charge in [0.1, 0.15) is 0 Å². The topological polar surface area (TPSA) is 227 Å². The molecule has 0 spiro atoms. The zero-order valence-corrected chi connectivity index (χ0v) is 17.9. The maximum atomic E-state index is 9.64. The Morgan fingerprint density at radius 2 is 0.548 bits per heavy atom. The van der Waals surface area contributed by atoms with Crippen LogP contribution in [0.4, 0.5) is 0 Å². The Balaban J connectivity index is -0.000000157. The van der Waals surface area contributed by atoms with Crippen LogP contribution in [0, 0.1) is 0 Å². The first-order valence-electron chi connectivity index (χ1n) is 9.26. The number of aliphatic carboxylic acids is 6. The Morgan fingerprint density at radius 1 is 0.419 bits per heavy atom. The van der Waals surface area contributed by atoms with Crippen molar-refractivity contribution >= 4 is 35.8 Å². The zero-order chi connectivity index (χ0) is 25.4. The maximum absolute atomic E-state index is 9.64. The van der Waals surface area contributed by atoms with E-state index in [1.54, 1.807) is 0 Å². The van der Waals surface area contributed by atoms with Crippen LogP contribution < -0.4 is 0 Å². The van der Waals surface area contributed by atoms with E-state index in [9.17, 15) is 28.8 Å². The molecule has 0 aliphatic heterocycles. The molecule has 31 heavy (non-hydrogen) atoms. The molecule has 0 radical (unpaired) electrons. The van der Waals surface area contributed by atoms with Crippen LogP contribution in [-0.2, 0) is 28.8 Å². The Morgan fingerprint density at radius 3 is 0.581 bits per heavy atom. The lowest BCUT2D eigenvalue weighted by molar-refractivity contribution is -0.143. The summed E-state index contributed by atoms with van der Waals surface area (Å²) in [5, 5.41) is 47.4. The number of hydrogen-bond donors (Lipinski definition) is 6. The van der Waals surface area contributed by atoms with Crippen LogP contribution in [0.15, 0.2) is 0 Å². The Bertz CT molecular complexity index is 430. The third kappa shape index (κ3) is 52.0. The van der Waals surface area contributed by atoms with Crippen molar-refractivity contribution in [3.63, 3.8) is 0 Å². The van der Waals surface area contributed by atoms with E-state index in [1.165, 1.54) is 19.6 Å². The van der Waals surface area contributed by atoms with Gasteiger partial charge in [-0.3, -0.25) is 28.8 Å². The van der Waals surface area contributed by atoms with Gasteiger partial charge in [0.25, 0.3) is 0 Å². The predicted octanol–water partition coefficient (Wildman–Crippen LogP) is 1.16. The first-order valence-corrected chi connectivity index (χ1v) is 9.26. The summed E-state index contributed by atoms with van der Waals surface area (Å²) in [6.45, 7) is 10.1. The van der Waals surface area contributed by atoms with Crippen molar-refractivity contribution in [1.82, 2.24) is 4.90 Å². The average Bonchev–Trinajstić information content (AvgIpc) is 2.66. The van der Waals surface area contributed by atoms with Crippen LogP contribution in [0.25, 0.3) is 0 Å². The molecule has 0 aromatic rings. The number of hydrogen-bond acceptors (Lipinski definition) is 7. The molecule has 182 valence electrons. The highest BCUT2D eigenvalue weighted by Gasteiger charge is 2.01. The van der Waals surface area contributed by atoms with Crippen molar-refractivity contribution in [2.24, 2.45) is 0 Å². The Hall–Kier alpha value is -3.22. The van der Waals surface area contributed by atoms with Crippen LogP contribution in [0.5, 0.6) is 0 Å². The molecule has 0 amide bonds. The number of carboxylic acid groups (broad SMARTS) is 6. The van der Waals surface area contributed by atoms with Gasteiger partial charge in [0.2, 0.25) is 0 Å². The van der Waals surface area contributed by atoms with Gasteiger partial charge in [-0.2, -0.15) is 0 Å². The SMILES string of the molecule is CCN(CC)CC.O=C(O)CCC(=O)O.O=C(O)CCC(=O)O.O=C(O)CCC(=O)O. The molecule has 0 bridgehead atoms. The second-order valence-electron chi connectivity index (χ2n) is 5.48. The summed E-state index contributed by atoms with van der Waals surface area (Å²) in [6, 6.07) is 0. The van der Waals surface area contributed by atoms with E-state index in [1.807, 2.05) is 0 Å². The fraction of sp³-hybridized carbons (Fsp3) is 0.667. The Labute approximate surface area is 179 Å². The highest BCUT2D eigenvalue weighted by atomic mass is 16.4. The lowest BCUT2D eigenvalue weighted by Crippen LogP contribution is -2.21. The van der Waals surface area contributed by atoms with Crippen molar-refractivity contribution in [3.05, 3.63) is 0 Å². The molecule has 0 saturated carbocycles. The molecule has 0 aromatic carbocycles. The van der Waals surface area contributed by atoms with Crippen LogP contribution in [0.2, 0.25) is 0 Å². The summed E-state index contributed by atoms with van der Waals surface area (Å²) in [5.74, 6) is -6.46. The van der Waals surface area contributed by atoms with E-state index in [4.69, 9.17) is 30.6 Å². The monoisotopic (exact) mass is 455 g/mol. The van der Waals surface area contributed by atoms with Gasteiger partial charge in [0, 0.05) is 0 Å². The molecule has 0 saturated heterocycles. The largest absolute Gasteiger partial charge is 0.481 e. The minimum atomic E-state index is -1.08. The maximum Gasteiger partial charge on any atom is 0.303 e. The standard InChI is InChI=1S/C6H15N.3C4H6O4/c1-4-7(5-2)6-3;3*5-3(6)1-2-4(7)8/h4-6H2,1-3H3;3*1-2H2,(H,5,6)(H,7,8). The average molecular weight is 455 g/mol. The van der Waals surface area contributed by atoms with Gasteiger partial charge in [-0.25, -0.2) is 0 Å². The lowest BCUT2D eigenvalue weighted by atomic mass is 10.3. The molecule has 0 aliphatic rings. The molecular formula is C18H33NO12. The van der Waals surface area contributed by atoms with E-state index in [0.29, 0.717) is 0 Å². The van der Waals surface area contributed by atoms with Gasteiger partial charge >= 0.3 is 35.8 Å². The van der Waals surface area contributed by atoms with Crippen molar-refractivity contribution in [1.29, 1.82) is 0 Å². The molecule has 0 fully saturated rings. The fourth-order valence-corrected chi connectivity index (χ4v) is 1.31. The van der Waals surface area contributed by atoms with Gasteiger partial charge in [-0.05, 0) is 19.6 Å². The molecular weight excluding hydrogens is 422 g/mol. The third-order valence-corrected chi connectivity index (χ3v) is 3.00. The van der Waals surface area contributed by atoms with Gasteiger partial charge in [0.15, 0.2) is 0 Å². The second-order valence-corrected chi connectivity index (χ2v) is 5.48. The van der Waals surface area contributed by atoms with E-state index < -0.39 is 35.8 Å². The quantitative estimate of drug-likeness (QED) is 0.243. The van der Waals surface area contributed by atoms with Gasteiger partial charge in [-0.15, -0.1) is 0 Å². The molecule has 6 N–H and O–H groups in total. The first kappa shape index (κ1) is 35.2. The molecule has 0 heterocycles. The second kappa shape index (κ2) is 24.8. The molecule has 0 rings (SSSR count). The summed E-state index contributed by atoms with van der Waals surface area (Å²) in [6.07, 6.45) is -1.78. The predicted molar refractivity (Wildman–Crippen MR) is 107 cm³/mol. The third-order valence-electron chi connectivity index (χ3n) is 3.00. The van der Waals surface area contributed by atoms with Crippen molar-refractivity contribution in [2.75, 3.05) is 19.6 Å². The number of carbonyl (C=O) groups is 6. The van der Waals surface area contributed by atoms with Crippen molar-refractivity contribution < 1.29 is 59.4 Å². The van der Waals surface area contributed by atoms with E-state index in [2.05, 4.69) is 25.7 Å². The molecule has 13 heteroatoms. The normalized spacial score (nSPS) is 8.90. The molecule has 13 nitrogen and oxygen atoms in total. The number of nitrogens with zero attached hydrogens (tertiary/aromatic N) is 1. The van der Waals surface area contributed by atoms with Crippen molar-refractivity contribution in [3.8, 4) is 0 Å². The molecule has 0 aliphatic carbocycles. The van der Waals surface area contributed by atoms with E-state index >= 15 is 0 Å². The molecule has 0 aromatic heterocycles. The summed E-state index contributed by atoms with van der Waals surface area (Å²) in [5.41, 5.74) is 0. The van der Waals surface area contributed by atoms with Crippen LogP contribution >= 0.6 is 0 Å². The van der Waals surface area contributed by atoms with Crippen LogP contribution in [0.1, 0.15) is 59.3 Å². The molecule has 0 atom stereocenters. The van der Waals surface area contributed by atoms with E-state index in [-0.39, 0.29) is 38.5 Å². The van der Waals surface area contributed by atoms with Gasteiger partial charge < -0.3 is 35.5 Å². The van der Waals surface area contributed by atoms with Crippen LogP contribution in [-0.4, -0.2) is 91.0 Å². The smallest absolute Gasteiger partial charge is 0.303 e. The molecule has 0 unspecified atom stereocenters. The van der Waals surface area contributed by atoms with Gasteiger partial charge in [0.05, 0.1) is 38.5 Å². The zero-order valence-electron chi connectivity index (χ0n) is 17.9. The minimum absolute atomic E-state index is 0.296. The minimum Gasteiger partial charge on any atom is -0.481 e. The fourth-order valence-electron chi connectivity index (χ4n) is 1.31. The van der Waals surface area contributed by atoms with Gasteiger partial charge in [-0.1, -0.05) is 20.8 Å². The highest BCUT2D eigenvalue weighted by Crippen LogP contribution is 1.87. The summed E-state index contributed by atoms with van der Waals surface area (Å²) in [7, 11) is 0. The lowest BCUT2D eigenvalue weighted by Gasteiger charge is -2.13. The summed E-state index contributed by atoms with van der Waals surface area (Å²) < 4.78 is 0. The summed E-state index contributed by atoms with van der Waals surface area (Å²) in [4.78, 5) is 60.2. The summed E-state index contributed by atoms with van der Waals surface area (Å²) >= 11 is 0. The first-order chi connectivity index (χ1) is 14.2. The highest BCUT2D eigenvalue weighted by molar-refractivity contribution is 5.76. The van der Waals surface area contributed by atoms with Crippen LogP contribution in [0.3, 0.4) is 0 Å². The van der Waals surface area contributed by atoms with Crippen molar-refractivity contribution in [2.45, 2.75) is 59.3 Å². The van der Waals surface area contributed by atoms with E-state index in [0.717, 1.165) is 0 Å². The number of carboxylic acids is 6. The Kier molecular flexibility index (Phi) is 28.2. The number of rotatable bonds is 12.